The van der Waals surface area contributed by atoms with Crippen molar-refractivity contribution in [3.05, 3.63) is 29.3 Å². The van der Waals surface area contributed by atoms with Gasteiger partial charge in [0.15, 0.2) is 0 Å². The van der Waals surface area contributed by atoms with Crippen LogP contribution in [0.2, 0.25) is 0 Å². The van der Waals surface area contributed by atoms with E-state index in [1.165, 1.54) is 0 Å². The van der Waals surface area contributed by atoms with Crippen molar-refractivity contribution in [1.82, 2.24) is 4.67 Å². The summed E-state index contributed by atoms with van der Waals surface area (Å²) >= 11 is 0. The molecule has 0 aliphatic carbocycles. The highest BCUT2D eigenvalue weighted by molar-refractivity contribution is 7.49. The molecule has 168 valence electrons. The van der Waals surface area contributed by atoms with Crippen molar-refractivity contribution in [2.45, 2.75) is 64.7 Å². The summed E-state index contributed by atoms with van der Waals surface area (Å²) in [6.45, 7) is 3.84. The minimum absolute atomic E-state index is 0.0264. The van der Waals surface area contributed by atoms with Gasteiger partial charge in [-0.3, -0.25) is 4.57 Å². The summed E-state index contributed by atoms with van der Waals surface area (Å²) in [6.07, 6.45) is -6.86. The smallest absolute Gasteiger partial charge is 0.420 e. The zero-order valence-electron chi connectivity index (χ0n) is 16.3. The van der Waals surface area contributed by atoms with Crippen molar-refractivity contribution < 1.29 is 40.3 Å². The summed E-state index contributed by atoms with van der Waals surface area (Å²) < 4.78 is 97.3. The third-order valence-corrected chi connectivity index (χ3v) is 5.74. The third kappa shape index (κ3) is 7.83. The van der Waals surface area contributed by atoms with Crippen LogP contribution in [0.25, 0.3) is 0 Å². The number of nitrogens with zero attached hydrogens (tertiary/aromatic N) is 1. The van der Waals surface area contributed by atoms with Gasteiger partial charge in [0.1, 0.15) is 11.3 Å². The lowest BCUT2D eigenvalue weighted by molar-refractivity contribution is -0.205. The topological polar surface area (TPSA) is 52.6 Å². The average Bonchev–Trinajstić information content (AvgIpc) is 2.58. The molecule has 4 nitrogen and oxygen atoms in total. The molecule has 1 rings (SSSR count). The Morgan fingerprint density at radius 3 is 1.86 bits per heavy atom. The van der Waals surface area contributed by atoms with Crippen LogP contribution in [0.15, 0.2) is 18.2 Å². The fourth-order valence-corrected chi connectivity index (χ4v) is 4.05. The minimum Gasteiger partial charge on any atom is -0.756 e. The molecule has 1 aromatic rings. The highest BCUT2D eigenvalue weighted by Crippen LogP contribution is 2.50. The van der Waals surface area contributed by atoms with E-state index >= 15 is 0 Å². The molecule has 0 bridgehead atoms. The molecule has 1 aromatic carbocycles. The molecule has 0 saturated heterocycles. The Hall–Kier alpha value is -1.25. The van der Waals surface area contributed by atoms with E-state index in [-0.39, 0.29) is 19.2 Å². The van der Waals surface area contributed by atoms with Gasteiger partial charge >= 0.3 is 12.4 Å². The van der Waals surface area contributed by atoms with Crippen LogP contribution < -0.4 is 9.42 Å². The number of unbranched alkanes of at least 4 members (excludes halogenated alkanes) is 4. The van der Waals surface area contributed by atoms with E-state index in [1.807, 2.05) is 13.8 Å². The first-order valence-corrected chi connectivity index (χ1v) is 10.9. The minimum atomic E-state index is -5.45. The summed E-state index contributed by atoms with van der Waals surface area (Å²) in [6, 6.07) is 1.51. The lowest BCUT2D eigenvalue weighted by Crippen LogP contribution is -2.32. The van der Waals surface area contributed by atoms with Crippen molar-refractivity contribution in [1.29, 1.82) is 0 Å². The highest BCUT2D eigenvalue weighted by atomic mass is 31.2. The number of hydrogen-bond acceptors (Lipinski definition) is 3. The molecule has 1 unspecified atom stereocenters. The Labute approximate surface area is 166 Å². The Kier molecular flexibility index (Phi) is 9.50. The average molecular weight is 448 g/mol. The quantitative estimate of drug-likeness (QED) is 0.228. The Morgan fingerprint density at radius 2 is 1.45 bits per heavy atom. The largest absolute Gasteiger partial charge is 0.756 e. The predicted octanol–water partition coefficient (Wildman–Crippen LogP) is 6.25. The molecule has 11 heteroatoms. The molecular weight excluding hydrogens is 423 g/mol. The van der Waals surface area contributed by atoms with Gasteiger partial charge in [0.25, 0.3) is 7.75 Å². The van der Waals surface area contributed by atoms with E-state index in [4.69, 9.17) is 0 Å². The molecule has 0 aromatic heterocycles. The van der Waals surface area contributed by atoms with E-state index in [0.717, 1.165) is 17.5 Å². The maximum Gasteiger partial charge on any atom is 0.420 e. The monoisotopic (exact) mass is 448 g/mol. The number of rotatable bonds is 11. The van der Waals surface area contributed by atoms with Gasteiger partial charge in [0, 0.05) is 13.1 Å². The van der Waals surface area contributed by atoms with Crippen molar-refractivity contribution in [3.8, 4) is 5.75 Å². The van der Waals surface area contributed by atoms with E-state index in [1.54, 1.807) is 0 Å². The van der Waals surface area contributed by atoms with Gasteiger partial charge in [-0.2, -0.15) is 26.3 Å². The first-order valence-electron chi connectivity index (χ1n) is 9.38. The summed E-state index contributed by atoms with van der Waals surface area (Å²) in [5.74, 6) is -1.37. The van der Waals surface area contributed by atoms with Crippen molar-refractivity contribution in [2.75, 3.05) is 13.1 Å². The lowest BCUT2D eigenvalue weighted by atomic mass is 10.1. The van der Waals surface area contributed by atoms with Gasteiger partial charge in [-0.05, 0) is 25.0 Å². The summed E-state index contributed by atoms with van der Waals surface area (Å²) in [4.78, 5) is 12.6. The fraction of sp³-hybridized carbons (Fsp3) is 0.667. The fourth-order valence-electron chi connectivity index (χ4n) is 2.76. The van der Waals surface area contributed by atoms with E-state index < -0.39 is 37.0 Å². The van der Waals surface area contributed by atoms with Crippen LogP contribution in [0.4, 0.5) is 26.3 Å². The summed E-state index contributed by atoms with van der Waals surface area (Å²) in [5.41, 5.74) is -4.14. The zero-order chi connectivity index (χ0) is 22.3. The third-order valence-electron chi connectivity index (χ3n) is 4.21. The van der Waals surface area contributed by atoms with Crippen LogP contribution in [-0.2, 0) is 16.9 Å². The standard InChI is InChI=1S/C18H26F6NO3P/c1-3-5-7-12-25(13-8-6-4-2)29(26,27)28-15-11-9-10-14(17(19,20)21)16(15)18(22,23)24/h9-11H,3-8,12-13H2,1-2H3,(H,26,27)/p-1. The molecule has 0 radical (unpaired) electrons. The highest BCUT2D eigenvalue weighted by Gasteiger charge is 2.46. The molecule has 0 N–H and O–H groups in total. The normalized spacial score (nSPS) is 14.8. The number of hydrogen-bond donors (Lipinski definition) is 0. The van der Waals surface area contributed by atoms with Crippen molar-refractivity contribution in [2.24, 2.45) is 0 Å². The molecule has 0 fully saturated rings. The maximum atomic E-state index is 13.3. The molecule has 0 spiro atoms. The van der Waals surface area contributed by atoms with Gasteiger partial charge < -0.3 is 9.42 Å². The molecule has 0 aliphatic heterocycles. The van der Waals surface area contributed by atoms with Gasteiger partial charge in [-0.15, -0.1) is 0 Å². The summed E-state index contributed by atoms with van der Waals surface area (Å²) in [7, 11) is -5.06. The van der Waals surface area contributed by atoms with Crippen LogP contribution in [0.3, 0.4) is 0 Å². The zero-order valence-corrected chi connectivity index (χ0v) is 17.2. The summed E-state index contributed by atoms with van der Waals surface area (Å²) in [5, 5.41) is 0. The van der Waals surface area contributed by atoms with Crippen LogP contribution in [0.5, 0.6) is 5.75 Å². The van der Waals surface area contributed by atoms with E-state index in [2.05, 4.69) is 4.52 Å². The van der Waals surface area contributed by atoms with Crippen LogP contribution in [0, 0.1) is 0 Å². The first kappa shape index (κ1) is 25.8. The SMILES string of the molecule is CCCCCN(CCCCC)P(=O)([O-])Oc1cccc(C(F)(F)F)c1C(F)(F)F. The second-order valence-corrected chi connectivity index (χ2v) is 8.29. The van der Waals surface area contributed by atoms with E-state index in [9.17, 15) is 35.8 Å². The van der Waals surface area contributed by atoms with Crippen LogP contribution in [0.1, 0.15) is 63.5 Å². The maximum absolute atomic E-state index is 13.3. The van der Waals surface area contributed by atoms with Crippen LogP contribution >= 0.6 is 7.75 Å². The second kappa shape index (κ2) is 10.7. The van der Waals surface area contributed by atoms with Crippen LogP contribution in [-0.4, -0.2) is 17.8 Å². The lowest BCUT2D eigenvalue weighted by Gasteiger charge is -2.36. The molecule has 1 atom stereocenters. The molecule has 29 heavy (non-hydrogen) atoms. The number of benzene rings is 1. The van der Waals surface area contributed by atoms with E-state index in [0.29, 0.717) is 37.8 Å². The molecule has 0 aliphatic rings. The van der Waals surface area contributed by atoms with Crippen molar-refractivity contribution in [3.63, 3.8) is 0 Å². The second-order valence-electron chi connectivity index (χ2n) is 6.60. The first-order chi connectivity index (χ1) is 13.3. The molecule has 0 saturated carbocycles. The number of halogens is 6. The number of alkyl halides is 6. The van der Waals surface area contributed by atoms with Gasteiger partial charge in [-0.25, -0.2) is 4.67 Å². The Bertz CT molecular complexity index is 683. The molecule has 0 amide bonds. The molecular formula is C18H25F6NO3P-. The van der Waals surface area contributed by atoms with Gasteiger partial charge in [-0.1, -0.05) is 45.6 Å². The van der Waals surface area contributed by atoms with Crippen molar-refractivity contribution >= 4 is 7.75 Å². The molecule has 0 heterocycles. The predicted molar refractivity (Wildman–Crippen MR) is 95.3 cm³/mol. The van der Waals surface area contributed by atoms with Gasteiger partial charge in [0.05, 0.1) is 5.56 Å². The van der Waals surface area contributed by atoms with Gasteiger partial charge in [0.2, 0.25) is 0 Å². The Balaban J connectivity index is 3.27. The Morgan fingerprint density at radius 1 is 0.931 bits per heavy atom.